The molecule has 3 rings (SSSR count). The predicted octanol–water partition coefficient (Wildman–Crippen LogP) is 5.85. The summed E-state index contributed by atoms with van der Waals surface area (Å²) < 4.78 is 5.19. The lowest BCUT2D eigenvalue weighted by molar-refractivity contribution is -0.116. The number of nitrogens with one attached hydrogen (secondary N) is 1. The van der Waals surface area contributed by atoms with E-state index in [4.69, 9.17) is 16.3 Å². The summed E-state index contributed by atoms with van der Waals surface area (Å²) in [5.74, 6) is -0.988. The van der Waals surface area contributed by atoms with E-state index in [1.54, 1.807) is 31.2 Å². The summed E-state index contributed by atoms with van der Waals surface area (Å²) in [4.78, 5) is 37.3. The average molecular weight is 442 g/mol. The van der Waals surface area contributed by atoms with Crippen LogP contribution in [0, 0.1) is 0 Å². The Morgan fingerprint density at radius 3 is 2.37 bits per heavy atom. The number of hydrogen-bond donors (Lipinski definition) is 1. The summed E-state index contributed by atoms with van der Waals surface area (Å²) >= 11 is 7.08. The van der Waals surface area contributed by atoms with E-state index in [2.05, 4.69) is 5.32 Å². The van der Waals surface area contributed by atoms with E-state index in [1.165, 1.54) is 11.3 Å². The lowest BCUT2D eigenvalue weighted by Gasteiger charge is -2.09. The first-order chi connectivity index (χ1) is 14.5. The maximum Gasteiger partial charge on any atom is 0.341 e. The number of benzene rings is 2. The Morgan fingerprint density at radius 2 is 1.70 bits per heavy atom. The van der Waals surface area contributed by atoms with Gasteiger partial charge < -0.3 is 10.1 Å². The number of carbonyl (C=O) groups is 3. The number of thiophene rings is 1. The minimum absolute atomic E-state index is 0.00228. The number of carbonyl (C=O) groups excluding carboxylic acids is 3. The normalized spacial score (nSPS) is 10.5. The quantitative estimate of drug-likeness (QED) is 0.351. The molecule has 0 aliphatic rings. The number of esters is 1. The Hall–Kier alpha value is -2.96. The molecule has 0 saturated carbocycles. The fourth-order valence-electron chi connectivity index (χ4n) is 2.88. The van der Waals surface area contributed by atoms with Crippen molar-refractivity contribution in [3.63, 3.8) is 0 Å². The molecule has 0 aliphatic carbocycles. The molecule has 0 aliphatic heterocycles. The van der Waals surface area contributed by atoms with Gasteiger partial charge in [0.05, 0.1) is 6.61 Å². The molecular weight excluding hydrogens is 422 g/mol. The second-order valence-electron chi connectivity index (χ2n) is 6.42. The van der Waals surface area contributed by atoms with Gasteiger partial charge >= 0.3 is 5.97 Å². The number of anilines is 1. The topological polar surface area (TPSA) is 72.5 Å². The molecule has 0 unspecified atom stereocenters. The summed E-state index contributed by atoms with van der Waals surface area (Å²) in [7, 11) is 0. The minimum atomic E-state index is -0.495. The van der Waals surface area contributed by atoms with E-state index < -0.39 is 5.97 Å². The molecule has 154 valence electrons. The fraction of sp³-hybridized carbons (Fsp3) is 0.174. The molecule has 0 saturated heterocycles. The van der Waals surface area contributed by atoms with Crippen molar-refractivity contribution in [2.45, 2.75) is 19.8 Å². The van der Waals surface area contributed by atoms with Crippen molar-refractivity contribution in [1.29, 1.82) is 0 Å². The Morgan fingerprint density at radius 1 is 1.00 bits per heavy atom. The van der Waals surface area contributed by atoms with Gasteiger partial charge in [0.15, 0.2) is 5.78 Å². The van der Waals surface area contributed by atoms with Crippen LogP contribution in [0.1, 0.15) is 40.5 Å². The van der Waals surface area contributed by atoms with Crippen LogP contribution in [-0.2, 0) is 9.53 Å². The Balaban J connectivity index is 1.73. The van der Waals surface area contributed by atoms with Crippen molar-refractivity contribution >= 4 is 45.6 Å². The Kier molecular flexibility index (Phi) is 7.38. The first kappa shape index (κ1) is 21.7. The SMILES string of the molecule is CCOC(=O)c1c(-c2ccccc2)csc1NC(=O)CCC(=O)c1ccc(Cl)cc1. The van der Waals surface area contributed by atoms with Crippen molar-refractivity contribution in [2.24, 2.45) is 0 Å². The third-order valence-corrected chi connectivity index (χ3v) is 5.50. The van der Waals surface area contributed by atoms with Gasteiger partial charge in [-0.25, -0.2) is 4.79 Å². The zero-order valence-corrected chi connectivity index (χ0v) is 17.9. The summed E-state index contributed by atoms with van der Waals surface area (Å²) in [5.41, 5.74) is 2.38. The van der Waals surface area contributed by atoms with E-state index in [-0.39, 0.29) is 31.1 Å². The molecule has 1 heterocycles. The highest BCUT2D eigenvalue weighted by molar-refractivity contribution is 7.15. The maximum atomic E-state index is 12.5. The number of hydrogen-bond acceptors (Lipinski definition) is 5. The van der Waals surface area contributed by atoms with Crippen molar-refractivity contribution in [1.82, 2.24) is 0 Å². The van der Waals surface area contributed by atoms with Crippen LogP contribution in [0.25, 0.3) is 11.1 Å². The molecule has 7 heteroatoms. The molecule has 30 heavy (non-hydrogen) atoms. The van der Waals surface area contributed by atoms with Crippen LogP contribution in [0.5, 0.6) is 0 Å². The average Bonchev–Trinajstić information content (AvgIpc) is 3.17. The van der Waals surface area contributed by atoms with Gasteiger partial charge in [-0.05, 0) is 36.8 Å². The Labute approximate surface area is 183 Å². The molecule has 1 amide bonds. The first-order valence-electron chi connectivity index (χ1n) is 9.42. The molecule has 0 bridgehead atoms. The summed E-state index contributed by atoms with van der Waals surface area (Å²) in [5, 5.41) is 5.53. The van der Waals surface area contributed by atoms with Gasteiger partial charge in [0.25, 0.3) is 0 Å². The number of rotatable bonds is 8. The number of halogens is 1. The second kappa shape index (κ2) is 10.2. The van der Waals surface area contributed by atoms with Gasteiger partial charge in [0.2, 0.25) is 5.91 Å². The molecule has 3 aromatic rings. The number of Topliss-reactive ketones (excluding diaryl/α,β-unsaturated/α-hetero) is 1. The van der Waals surface area contributed by atoms with Crippen molar-refractivity contribution in [3.8, 4) is 11.1 Å². The summed E-state index contributed by atoms with van der Waals surface area (Å²) in [6.45, 7) is 1.96. The third kappa shape index (κ3) is 5.34. The van der Waals surface area contributed by atoms with Gasteiger partial charge in [-0.15, -0.1) is 11.3 Å². The van der Waals surface area contributed by atoms with E-state index in [9.17, 15) is 14.4 Å². The summed E-state index contributed by atoms with van der Waals surface area (Å²) in [6, 6.07) is 16.0. The standard InChI is InChI=1S/C23H20ClNO4S/c1-2-29-23(28)21-18(15-6-4-3-5-7-15)14-30-22(21)25-20(27)13-12-19(26)16-8-10-17(24)11-9-16/h3-11,14H,2,12-13H2,1H3,(H,25,27). The molecule has 2 aromatic carbocycles. The van der Waals surface area contributed by atoms with Crippen LogP contribution in [0.4, 0.5) is 5.00 Å². The zero-order valence-electron chi connectivity index (χ0n) is 16.3. The molecule has 0 radical (unpaired) electrons. The van der Waals surface area contributed by atoms with Gasteiger partial charge in [0, 0.05) is 34.4 Å². The van der Waals surface area contributed by atoms with Crippen LogP contribution < -0.4 is 5.32 Å². The van der Waals surface area contributed by atoms with Crippen molar-refractivity contribution < 1.29 is 19.1 Å². The van der Waals surface area contributed by atoms with E-state index in [0.29, 0.717) is 26.7 Å². The monoisotopic (exact) mass is 441 g/mol. The summed E-state index contributed by atoms with van der Waals surface area (Å²) in [6.07, 6.45) is 0.0570. The third-order valence-electron chi connectivity index (χ3n) is 4.35. The Bertz CT molecular complexity index is 1040. The fourth-order valence-corrected chi connectivity index (χ4v) is 3.98. The highest BCUT2D eigenvalue weighted by Gasteiger charge is 2.23. The van der Waals surface area contributed by atoms with E-state index in [1.807, 2.05) is 35.7 Å². The van der Waals surface area contributed by atoms with Crippen LogP contribution >= 0.6 is 22.9 Å². The smallest absolute Gasteiger partial charge is 0.341 e. The van der Waals surface area contributed by atoms with Gasteiger partial charge in [0.1, 0.15) is 10.6 Å². The van der Waals surface area contributed by atoms with E-state index in [0.717, 1.165) is 5.56 Å². The van der Waals surface area contributed by atoms with Crippen LogP contribution in [0.15, 0.2) is 60.0 Å². The molecule has 1 N–H and O–H groups in total. The van der Waals surface area contributed by atoms with Crippen molar-refractivity contribution in [2.75, 3.05) is 11.9 Å². The van der Waals surface area contributed by atoms with Crippen LogP contribution in [0.2, 0.25) is 5.02 Å². The number of ether oxygens (including phenoxy) is 1. The minimum Gasteiger partial charge on any atom is -0.462 e. The molecule has 0 atom stereocenters. The van der Waals surface area contributed by atoms with E-state index >= 15 is 0 Å². The molecule has 5 nitrogen and oxygen atoms in total. The number of ketones is 1. The zero-order chi connectivity index (χ0) is 21.5. The largest absolute Gasteiger partial charge is 0.462 e. The van der Waals surface area contributed by atoms with Crippen LogP contribution in [0.3, 0.4) is 0 Å². The predicted molar refractivity (Wildman–Crippen MR) is 119 cm³/mol. The van der Waals surface area contributed by atoms with Gasteiger partial charge in [-0.3, -0.25) is 9.59 Å². The highest BCUT2D eigenvalue weighted by atomic mass is 35.5. The molecule has 0 fully saturated rings. The lowest BCUT2D eigenvalue weighted by Crippen LogP contribution is -2.15. The van der Waals surface area contributed by atoms with Gasteiger partial charge in [-0.2, -0.15) is 0 Å². The lowest BCUT2D eigenvalue weighted by atomic mass is 10.0. The van der Waals surface area contributed by atoms with Gasteiger partial charge in [-0.1, -0.05) is 41.9 Å². The van der Waals surface area contributed by atoms with Crippen molar-refractivity contribution in [3.05, 3.63) is 76.1 Å². The maximum absolute atomic E-state index is 12.5. The first-order valence-corrected chi connectivity index (χ1v) is 10.7. The molecular formula is C23H20ClNO4S. The molecule has 1 aromatic heterocycles. The van der Waals surface area contributed by atoms with Crippen LogP contribution in [-0.4, -0.2) is 24.3 Å². The highest BCUT2D eigenvalue weighted by Crippen LogP contribution is 2.36. The second-order valence-corrected chi connectivity index (χ2v) is 7.73. The molecule has 0 spiro atoms. The number of amides is 1.